The first-order valence-electron chi connectivity index (χ1n) is 10.6. The second-order valence-corrected chi connectivity index (χ2v) is 11.7. The lowest BCUT2D eigenvalue weighted by molar-refractivity contribution is -0.140. The van der Waals surface area contributed by atoms with Crippen molar-refractivity contribution in [2.75, 3.05) is 17.1 Å². The first-order valence-corrected chi connectivity index (χ1v) is 14.0. The highest BCUT2D eigenvalue weighted by Crippen LogP contribution is 2.25. The molecule has 0 spiro atoms. The van der Waals surface area contributed by atoms with Crippen LogP contribution in [-0.2, 0) is 26.2 Å². The van der Waals surface area contributed by atoms with E-state index >= 15 is 0 Å². The molecule has 1 N–H and O–H groups in total. The third-order valence-corrected chi connectivity index (χ3v) is 7.36. The third kappa shape index (κ3) is 7.86. The van der Waals surface area contributed by atoms with E-state index in [4.69, 9.17) is 23.2 Å². The number of carbonyl (C=O) groups is 2. The summed E-state index contributed by atoms with van der Waals surface area (Å²) in [4.78, 5) is 27.9. The van der Waals surface area contributed by atoms with E-state index in [1.807, 2.05) is 13.8 Å². The minimum atomic E-state index is -3.78. The Hall–Kier alpha value is -1.81. The molecule has 2 rings (SSSR count). The molecule has 7 nitrogen and oxygen atoms in total. The van der Waals surface area contributed by atoms with E-state index in [0.717, 1.165) is 15.0 Å². The molecule has 2 aromatic carbocycles. The Labute approximate surface area is 219 Å². The summed E-state index contributed by atoms with van der Waals surface area (Å²) < 4.78 is 26.9. The van der Waals surface area contributed by atoms with Crippen LogP contribution in [0.2, 0.25) is 10.0 Å². The van der Waals surface area contributed by atoms with Crippen LogP contribution in [0.25, 0.3) is 0 Å². The van der Waals surface area contributed by atoms with Gasteiger partial charge in [0.15, 0.2) is 0 Å². The van der Waals surface area contributed by atoms with Gasteiger partial charge in [-0.15, -0.1) is 0 Å². The first kappa shape index (κ1) is 28.4. The number of benzene rings is 2. The van der Waals surface area contributed by atoms with Crippen LogP contribution in [0, 0.1) is 0 Å². The van der Waals surface area contributed by atoms with Crippen molar-refractivity contribution in [3.8, 4) is 0 Å². The SMILES string of the molecule is CC[C@H](C(=O)NC(C)C)N(Cc1ccc(Cl)c(Cl)c1)C(=O)CN(c1ccc(Br)cc1)S(C)(=O)=O. The van der Waals surface area contributed by atoms with E-state index in [1.165, 1.54) is 4.90 Å². The molecule has 11 heteroatoms. The van der Waals surface area contributed by atoms with Gasteiger partial charge in [-0.2, -0.15) is 0 Å². The zero-order valence-corrected chi connectivity index (χ0v) is 23.3. The Balaban J connectivity index is 2.45. The Morgan fingerprint density at radius 1 is 1.06 bits per heavy atom. The summed E-state index contributed by atoms with van der Waals surface area (Å²) >= 11 is 15.5. The average molecular weight is 593 g/mol. The first-order chi connectivity index (χ1) is 15.8. The van der Waals surface area contributed by atoms with Crippen molar-refractivity contribution in [3.63, 3.8) is 0 Å². The van der Waals surface area contributed by atoms with Gasteiger partial charge < -0.3 is 10.2 Å². The molecule has 34 heavy (non-hydrogen) atoms. The van der Waals surface area contributed by atoms with Gasteiger partial charge in [0.05, 0.1) is 22.0 Å². The summed E-state index contributed by atoms with van der Waals surface area (Å²) in [5, 5.41) is 3.53. The number of anilines is 1. The second-order valence-electron chi connectivity index (χ2n) is 8.10. The molecule has 0 aromatic heterocycles. The van der Waals surface area contributed by atoms with E-state index in [2.05, 4.69) is 21.2 Å². The van der Waals surface area contributed by atoms with Crippen molar-refractivity contribution in [3.05, 3.63) is 62.5 Å². The number of hydrogen-bond donors (Lipinski definition) is 1. The summed E-state index contributed by atoms with van der Waals surface area (Å²) in [6.07, 6.45) is 1.37. The summed E-state index contributed by atoms with van der Waals surface area (Å²) in [5.74, 6) is -0.842. The van der Waals surface area contributed by atoms with Gasteiger partial charge in [-0.25, -0.2) is 8.42 Å². The molecular weight excluding hydrogens is 565 g/mol. The zero-order valence-electron chi connectivity index (χ0n) is 19.4. The minimum absolute atomic E-state index is 0.0533. The maximum absolute atomic E-state index is 13.6. The zero-order chi connectivity index (χ0) is 25.6. The van der Waals surface area contributed by atoms with Crippen molar-refractivity contribution in [2.45, 2.75) is 45.8 Å². The number of rotatable bonds is 10. The molecule has 0 unspecified atom stereocenters. The highest BCUT2D eigenvalue weighted by atomic mass is 79.9. The predicted molar refractivity (Wildman–Crippen MR) is 141 cm³/mol. The molecule has 0 aliphatic carbocycles. The van der Waals surface area contributed by atoms with E-state index in [1.54, 1.807) is 49.4 Å². The fourth-order valence-electron chi connectivity index (χ4n) is 3.36. The van der Waals surface area contributed by atoms with Gasteiger partial charge in [0, 0.05) is 17.1 Å². The van der Waals surface area contributed by atoms with Crippen molar-refractivity contribution < 1.29 is 18.0 Å². The number of nitrogens with zero attached hydrogens (tertiary/aromatic N) is 2. The van der Waals surface area contributed by atoms with Crippen LogP contribution in [0.5, 0.6) is 0 Å². The molecule has 0 bridgehead atoms. The highest BCUT2D eigenvalue weighted by molar-refractivity contribution is 9.10. The molecule has 0 aliphatic heterocycles. The van der Waals surface area contributed by atoms with Crippen molar-refractivity contribution >= 4 is 66.7 Å². The topological polar surface area (TPSA) is 86.8 Å². The Morgan fingerprint density at radius 2 is 1.68 bits per heavy atom. The fraction of sp³-hybridized carbons (Fsp3) is 0.391. The van der Waals surface area contributed by atoms with Crippen LogP contribution in [0.4, 0.5) is 5.69 Å². The van der Waals surface area contributed by atoms with Crippen molar-refractivity contribution in [2.24, 2.45) is 0 Å². The van der Waals surface area contributed by atoms with Gasteiger partial charge in [-0.05, 0) is 62.2 Å². The maximum Gasteiger partial charge on any atom is 0.244 e. The van der Waals surface area contributed by atoms with E-state index in [0.29, 0.717) is 27.7 Å². The molecule has 0 aliphatic rings. The monoisotopic (exact) mass is 591 g/mol. The summed E-state index contributed by atoms with van der Waals surface area (Å²) in [5.41, 5.74) is 1.00. The van der Waals surface area contributed by atoms with Crippen LogP contribution < -0.4 is 9.62 Å². The van der Waals surface area contributed by atoms with E-state index < -0.39 is 28.5 Å². The summed E-state index contributed by atoms with van der Waals surface area (Å²) in [7, 11) is -3.78. The number of hydrogen-bond acceptors (Lipinski definition) is 4. The Morgan fingerprint density at radius 3 is 2.18 bits per heavy atom. The number of halogens is 3. The average Bonchev–Trinajstić information content (AvgIpc) is 2.73. The summed E-state index contributed by atoms with van der Waals surface area (Å²) in [6, 6.07) is 10.6. The molecule has 0 fully saturated rings. The molecule has 0 saturated heterocycles. The van der Waals surface area contributed by atoms with Gasteiger partial charge in [-0.1, -0.05) is 52.1 Å². The van der Waals surface area contributed by atoms with Crippen LogP contribution in [0.1, 0.15) is 32.8 Å². The highest BCUT2D eigenvalue weighted by Gasteiger charge is 2.32. The molecule has 0 heterocycles. The molecular formula is C23H28BrCl2N3O4S. The fourth-order valence-corrected chi connectivity index (χ4v) is 4.79. The lowest BCUT2D eigenvalue weighted by Gasteiger charge is -2.33. The molecule has 2 aromatic rings. The van der Waals surface area contributed by atoms with Gasteiger partial charge >= 0.3 is 0 Å². The van der Waals surface area contributed by atoms with Gasteiger partial charge in [0.2, 0.25) is 21.8 Å². The van der Waals surface area contributed by atoms with Crippen LogP contribution in [0.15, 0.2) is 46.9 Å². The summed E-state index contributed by atoms with van der Waals surface area (Å²) in [6.45, 7) is 5.04. The largest absolute Gasteiger partial charge is 0.352 e. The lowest BCUT2D eigenvalue weighted by atomic mass is 10.1. The quantitative estimate of drug-likeness (QED) is 0.427. The predicted octanol–water partition coefficient (Wildman–Crippen LogP) is 4.85. The van der Waals surface area contributed by atoms with Gasteiger partial charge in [-0.3, -0.25) is 13.9 Å². The van der Waals surface area contributed by atoms with E-state index in [9.17, 15) is 18.0 Å². The third-order valence-electron chi connectivity index (χ3n) is 4.95. The number of carbonyl (C=O) groups excluding carboxylic acids is 2. The smallest absolute Gasteiger partial charge is 0.244 e. The second kappa shape index (κ2) is 12.2. The van der Waals surface area contributed by atoms with Crippen LogP contribution in [-0.4, -0.2) is 50.0 Å². The molecule has 186 valence electrons. The molecule has 0 saturated carbocycles. The van der Waals surface area contributed by atoms with Crippen LogP contribution in [0.3, 0.4) is 0 Å². The standard InChI is InChI=1S/C23H28BrCl2N3O4S/c1-5-21(23(31)27-15(2)3)28(13-16-6-11-19(25)20(26)12-16)22(30)14-29(34(4,32)33)18-9-7-17(24)8-10-18/h6-12,15,21H,5,13-14H2,1-4H3,(H,27,31)/t21-/m1/s1. The van der Waals surface area contributed by atoms with Gasteiger partial charge in [0.25, 0.3) is 0 Å². The maximum atomic E-state index is 13.6. The van der Waals surface area contributed by atoms with Gasteiger partial charge in [0.1, 0.15) is 12.6 Å². The molecule has 1 atom stereocenters. The van der Waals surface area contributed by atoms with Crippen molar-refractivity contribution in [1.29, 1.82) is 0 Å². The Kier molecular flexibility index (Phi) is 10.2. The molecule has 0 radical (unpaired) electrons. The minimum Gasteiger partial charge on any atom is -0.352 e. The number of amides is 2. The molecule has 2 amide bonds. The number of sulfonamides is 1. The normalized spacial score (nSPS) is 12.4. The Bertz CT molecular complexity index is 1130. The lowest BCUT2D eigenvalue weighted by Crippen LogP contribution is -2.53. The van der Waals surface area contributed by atoms with Crippen molar-refractivity contribution in [1.82, 2.24) is 10.2 Å². The number of nitrogens with one attached hydrogen (secondary N) is 1. The van der Waals surface area contributed by atoms with E-state index in [-0.39, 0.29) is 18.5 Å². The van der Waals surface area contributed by atoms with Crippen LogP contribution >= 0.6 is 39.1 Å².